The molecule has 0 unspecified atom stereocenters. The Labute approximate surface area is 141 Å². The first-order valence-corrected chi connectivity index (χ1v) is 7.56. The van der Waals surface area contributed by atoms with Crippen LogP contribution in [0.4, 0.5) is 10.3 Å². The molecule has 1 aromatic carbocycles. The van der Waals surface area contributed by atoms with Gasteiger partial charge in [-0.3, -0.25) is 14.5 Å². The largest absolute Gasteiger partial charge is 0.502 e. The van der Waals surface area contributed by atoms with Crippen LogP contribution in [-0.2, 0) is 9.59 Å². The van der Waals surface area contributed by atoms with Crippen molar-refractivity contribution >= 4 is 29.4 Å². The molecule has 0 atom stereocenters. The van der Waals surface area contributed by atoms with E-state index in [2.05, 4.69) is 0 Å². The van der Waals surface area contributed by atoms with Gasteiger partial charge in [-0.15, -0.1) is 0 Å². The van der Waals surface area contributed by atoms with Crippen molar-refractivity contribution in [1.29, 1.82) is 0 Å². The average Bonchev–Trinajstić information content (AvgIpc) is 3.04. The highest BCUT2D eigenvalue weighted by molar-refractivity contribution is 6.33. The predicted molar refractivity (Wildman–Crippen MR) is 83.7 cm³/mol. The van der Waals surface area contributed by atoms with Crippen LogP contribution in [0.3, 0.4) is 0 Å². The minimum Gasteiger partial charge on any atom is -0.502 e. The number of rotatable bonds is 3. The number of anilines is 1. The molecule has 2 aromatic rings. The van der Waals surface area contributed by atoms with Crippen LogP contribution in [0.2, 0.25) is 5.02 Å². The third-order valence-electron chi connectivity index (χ3n) is 3.56. The van der Waals surface area contributed by atoms with Gasteiger partial charge in [-0.25, -0.2) is 4.39 Å². The molecule has 1 saturated heterocycles. The molecule has 1 amide bonds. The summed E-state index contributed by atoms with van der Waals surface area (Å²) in [5, 5.41) is 10.4. The van der Waals surface area contributed by atoms with Crippen LogP contribution in [0.1, 0.15) is 19.8 Å². The van der Waals surface area contributed by atoms with Crippen molar-refractivity contribution in [3.05, 3.63) is 29.0 Å². The van der Waals surface area contributed by atoms with Gasteiger partial charge in [-0.1, -0.05) is 11.6 Å². The SMILES string of the molecule is CC(=O)Oc1c(N2CCCC2=O)oc(-c2ccc(F)cc2Cl)c1O. The Kier molecular flexibility index (Phi) is 4.19. The highest BCUT2D eigenvalue weighted by Gasteiger charge is 2.33. The number of ether oxygens (including phenoxy) is 1. The summed E-state index contributed by atoms with van der Waals surface area (Å²) < 4.78 is 23.8. The molecule has 2 heterocycles. The Morgan fingerprint density at radius 2 is 2.21 bits per heavy atom. The van der Waals surface area contributed by atoms with E-state index in [4.69, 9.17) is 20.8 Å². The Morgan fingerprint density at radius 1 is 1.46 bits per heavy atom. The molecular formula is C16H13ClFNO5. The van der Waals surface area contributed by atoms with E-state index >= 15 is 0 Å². The number of nitrogens with zero attached hydrogens (tertiary/aromatic N) is 1. The molecule has 1 aliphatic heterocycles. The summed E-state index contributed by atoms with van der Waals surface area (Å²) in [6.07, 6.45) is 0.944. The van der Waals surface area contributed by atoms with Crippen LogP contribution in [0, 0.1) is 5.82 Å². The van der Waals surface area contributed by atoms with E-state index in [0.29, 0.717) is 19.4 Å². The van der Waals surface area contributed by atoms with Crippen LogP contribution < -0.4 is 9.64 Å². The maximum atomic E-state index is 13.2. The van der Waals surface area contributed by atoms with Gasteiger partial charge in [0.25, 0.3) is 5.88 Å². The number of amides is 1. The highest BCUT2D eigenvalue weighted by atomic mass is 35.5. The van der Waals surface area contributed by atoms with E-state index in [1.165, 1.54) is 11.0 Å². The number of halogens is 2. The molecule has 1 aliphatic rings. The van der Waals surface area contributed by atoms with E-state index < -0.39 is 17.5 Å². The normalized spacial score (nSPS) is 14.3. The number of carbonyl (C=O) groups is 2. The van der Waals surface area contributed by atoms with Crippen molar-refractivity contribution in [2.24, 2.45) is 0 Å². The molecule has 8 heteroatoms. The summed E-state index contributed by atoms with van der Waals surface area (Å²) in [7, 11) is 0. The number of furan rings is 1. The lowest BCUT2D eigenvalue weighted by Gasteiger charge is -2.13. The number of esters is 1. The minimum atomic E-state index is -0.684. The van der Waals surface area contributed by atoms with Gasteiger partial charge < -0.3 is 14.3 Å². The van der Waals surface area contributed by atoms with E-state index in [-0.39, 0.29) is 33.9 Å². The highest BCUT2D eigenvalue weighted by Crippen LogP contribution is 2.49. The number of hydrogen-bond donors (Lipinski definition) is 1. The maximum absolute atomic E-state index is 13.2. The lowest BCUT2D eigenvalue weighted by molar-refractivity contribution is -0.132. The third-order valence-corrected chi connectivity index (χ3v) is 3.88. The maximum Gasteiger partial charge on any atom is 0.308 e. The number of benzene rings is 1. The van der Waals surface area contributed by atoms with Crippen LogP contribution in [0.15, 0.2) is 22.6 Å². The van der Waals surface area contributed by atoms with Crippen LogP contribution >= 0.6 is 11.6 Å². The minimum absolute atomic E-state index is 0.00715. The molecule has 24 heavy (non-hydrogen) atoms. The van der Waals surface area contributed by atoms with Gasteiger partial charge in [0.05, 0.1) is 5.02 Å². The number of carbonyl (C=O) groups excluding carboxylic acids is 2. The Balaban J connectivity index is 2.15. The monoisotopic (exact) mass is 353 g/mol. The fourth-order valence-corrected chi connectivity index (χ4v) is 2.78. The van der Waals surface area contributed by atoms with Gasteiger partial charge in [0.1, 0.15) is 5.82 Å². The van der Waals surface area contributed by atoms with Crippen molar-refractivity contribution in [3.63, 3.8) is 0 Å². The van der Waals surface area contributed by atoms with Gasteiger partial charge in [0.2, 0.25) is 17.4 Å². The Bertz CT molecular complexity index is 832. The summed E-state index contributed by atoms with van der Waals surface area (Å²) in [5.74, 6) is -2.36. The third kappa shape index (κ3) is 2.82. The van der Waals surface area contributed by atoms with E-state index in [9.17, 15) is 19.1 Å². The lowest BCUT2D eigenvalue weighted by atomic mass is 10.1. The van der Waals surface area contributed by atoms with Crippen molar-refractivity contribution in [2.75, 3.05) is 11.4 Å². The average molecular weight is 354 g/mol. The van der Waals surface area contributed by atoms with Gasteiger partial charge >= 0.3 is 5.97 Å². The first kappa shape index (κ1) is 16.3. The molecule has 6 nitrogen and oxygen atoms in total. The van der Waals surface area contributed by atoms with Crippen LogP contribution in [0.5, 0.6) is 11.5 Å². The van der Waals surface area contributed by atoms with Gasteiger partial charge in [0, 0.05) is 25.5 Å². The molecule has 1 N–H and O–H groups in total. The van der Waals surface area contributed by atoms with Crippen molar-refractivity contribution in [2.45, 2.75) is 19.8 Å². The van der Waals surface area contributed by atoms with Crippen molar-refractivity contribution in [1.82, 2.24) is 0 Å². The standard InChI is InChI=1S/C16H13ClFNO5/c1-8(20)23-15-13(22)14(10-5-4-9(18)7-11(10)17)24-16(15)19-6-2-3-12(19)21/h4-5,7,22H,2-3,6H2,1H3. The van der Waals surface area contributed by atoms with Crippen molar-refractivity contribution in [3.8, 4) is 22.8 Å². The fraction of sp³-hybridized carbons (Fsp3) is 0.250. The summed E-state index contributed by atoms with van der Waals surface area (Å²) in [4.78, 5) is 24.6. The number of aromatic hydroxyl groups is 1. The molecule has 0 spiro atoms. The molecule has 0 saturated carbocycles. The molecule has 3 rings (SSSR count). The molecule has 126 valence electrons. The smallest absolute Gasteiger partial charge is 0.308 e. The quantitative estimate of drug-likeness (QED) is 0.854. The second kappa shape index (κ2) is 6.16. The zero-order chi connectivity index (χ0) is 17.4. The van der Waals surface area contributed by atoms with Gasteiger partial charge in [0.15, 0.2) is 5.76 Å². The first-order chi connectivity index (χ1) is 11.4. The van der Waals surface area contributed by atoms with Crippen molar-refractivity contribution < 1.29 is 28.2 Å². The zero-order valence-electron chi connectivity index (χ0n) is 12.6. The molecule has 1 aromatic heterocycles. The second-order valence-electron chi connectivity index (χ2n) is 5.28. The van der Waals surface area contributed by atoms with Gasteiger partial charge in [-0.2, -0.15) is 0 Å². The fourth-order valence-electron chi connectivity index (χ4n) is 2.53. The number of hydrogen-bond acceptors (Lipinski definition) is 5. The summed E-state index contributed by atoms with van der Waals surface area (Å²) in [6, 6.07) is 3.53. The summed E-state index contributed by atoms with van der Waals surface area (Å²) in [6.45, 7) is 1.53. The second-order valence-corrected chi connectivity index (χ2v) is 5.69. The predicted octanol–water partition coefficient (Wildman–Crippen LogP) is 3.50. The van der Waals surface area contributed by atoms with E-state index in [1.54, 1.807) is 0 Å². The summed E-state index contributed by atoms with van der Waals surface area (Å²) in [5.41, 5.74) is 0.210. The van der Waals surface area contributed by atoms with Crippen LogP contribution in [0.25, 0.3) is 11.3 Å². The molecular weight excluding hydrogens is 341 g/mol. The topological polar surface area (TPSA) is 80.0 Å². The lowest BCUT2D eigenvalue weighted by Crippen LogP contribution is -2.24. The van der Waals surface area contributed by atoms with E-state index in [0.717, 1.165) is 19.1 Å². The van der Waals surface area contributed by atoms with Crippen LogP contribution in [-0.4, -0.2) is 23.5 Å². The Morgan fingerprint density at radius 3 is 2.79 bits per heavy atom. The molecule has 0 bridgehead atoms. The van der Waals surface area contributed by atoms with Gasteiger partial charge in [-0.05, 0) is 24.6 Å². The molecule has 0 radical (unpaired) electrons. The zero-order valence-corrected chi connectivity index (χ0v) is 13.4. The Hall–Kier alpha value is -2.54. The van der Waals surface area contributed by atoms with E-state index in [1.807, 2.05) is 0 Å². The molecule has 1 fully saturated rings. The summed E-state index contributed by atoms with van der Waals surface area (Å²) >= 11 is 5.99. The first-order valence-electron chi connectivity index (χ1n) is 7.18. The molecule has 0 aliphatic carbocycles.